The first-order valence-corrected chi connectivity index (χ1v) is 6.97. The normalized spacial score (nSPS) is 26.8. The summed E-state index contributed by atoms with van der Waals surface area (Å²) in [6.07, 6.45) is 6.84. The van der Waals surface area contributed by atoms with Crippen LogP contribution in [0.15, 0.2) is 6.33 Å². The fraction of sp³-hybridized carbons (Fsp3) is 0.692. The lowest BCUT2D eigenvalue weighted by Crippen LogP contribution is -2.32. The Kier molecular flexibility index (Phi) is 3.31. The Morgan fingerprint density at radius 3 is 2.47 bits per heavy atom. The van der Waals surface area contributed by atoms with Crippen molar-refractivity contribution in [1.82, 2.24) is 20.1 Å². The second-order valence-electron chi connectivity index (χ2n) is 5.36. The molecule has 19 heavy (non-hydrogen) atoms. The minimum absolute atomic E-state index is 0.0356. The van der Waals surface area contributed by atoms with Crippen LogP contribution in [0.1, 0.15) is 37.9 Å². The molecule has 1 aliphatic carbocycles. The second-order valence-corrected chi connectivity index (χ2v) is 5.36. The van der Waals surface area contributed by atoms with Gasteiger partial charge in [-0.25, -0.2) is 4.98 Å². The van der Waals surface area contributed by atoms with E-state index in [2.05, 4.69) is 15.2 Å². The largest absolute Gasteiger partial charge is 0.282 e. The molecule has 2 fully saturated rings. The van der Waals surface area contributed by atoms with E-state index in [1.807, 2.05) is 0 Å². The monoisotopic (exact) mass is 262 g/mol. The Labute approximate surface area is 111 Å². The molecule has 1 N–H and O–H groups in total. The van der Waals surface area contributed by atoms with Crippen molar-refractivity contribution in [3.63, 3.8) is 0 Å². The number of likely N-dealkylation sites (tertiary alicyclic amines) is 1. The number of hydrogen-bond donors (Lipinski definition) is 1. The van der Waals surface area contributed by atoms with Gasteiger partial charge in [0.2, 0.25) is 11.8 Å². The molecular formula is C13H18N4O2. The fourth-order valence-electron chi connectivity index (χ4n) is 3.21. The van der Waals surface area contributed by atoms with Crippen LogP contribution < -0.4 is 0 Å². The van der Waals surface area contributed by atoms with E-state index in [4.69, 9.17) is 0 Å². The maximum Gasteiger partial charge on any atom is 0.233 e. The number of aromatic nitrogens is 3. The number of imide groups is 1. The lowest BCUT2D eigenvalue weighted by atomic mass is 9.81. The van der Waals surface area contributed by atoms with Crippen LogP contribution in [-0.2, 0) is 16.0 Å². The van der Waals surface area contributed by atoms with Crippen molar-refractivity contribution in [2.45, 2.75) is 38.5 Å². The molecule has 2 unspecified atom stereocenters. The Bertz CT molecular complexity index is 447. The lowest BCUT2D eigenvalue weighted by molar-refractivity contribution is -0.139. The molecule has 1 aromatic heterocycles. The zero-order valence-electron chi connectivity index (χ0n) is 10.8. The van der Waals surface area contributed by atoms with Gasteiger partial charge in [-0.1, -0.05) is 12.8 Å². The zero-order chi connectivity index (χ0) is 13.2. The first-order chi connectivity index (χ1) is 9.27. The van der Waals surface area contributed by atoms with Crippen LogP contribution in [0.3, 0.4) is 0 Å². The number of fused-ring (bicyclic) bond motifs is 1. The van der Waals surface area contributed by atoms with Crippen molar-refractivity contribution < 1.29 is 9.59 Å². The van der Waals surface area contributed by atoms with Crippen LogP contribution in [0.25, 0.3) is 0 Å². The van der Waals surface area contributed by atoms with Gasteiger partial charge in [0.25, 0.3) is 0 Å². The summed E-state index contributed by atoms with van der Waals surface area (Å²) >= 11 is 0. The summed E-state index contributed by atoms with van der Waals surface area (Å²) in [5.74, 6) is 0.828. The molecule has 3 rings (SSSR count). The van der Waals surface area contributed by atoms with Gasteiger partial charge in [-0.2, -0.15) is 5.10 Å². The van der Waals surface area contributed by atoms with E-state index >= 15 is 0 Å². The average Bonchev–Trinajstić information content (AvgIpc) is 3.02. The summed E-state index contributed by atoms with van der Waals surface area (Å²) in [6, 6.07) is 0. The van der Waals surface area contributed by atoms with Gasteiger partial charge < -0.3 is 0 Å². The molecule has 6 nitrogen and oxygen atoms in total. The number of amides is 2. The van der Waals surface area contributed by atoms with Crippen molar-refractivity contribution >= 4 is 11.8 Å². The fourth-order valence-corrected chi connectivity index (χ4v) is 3.21. The maximum atomic E-state index is 12.2. The van der Waals surface area contributed by atoms with Gasteiger partial charge in [-0.05, 0) is 19.3 Å². The molecule has 1 aliphatic heterocycles. The summed E-state index contributed by atoms with van der Waals surface area (Å²) < 4.78 is 0. The molecule has 0 aromatic carbocycles. The summed E-state index contributed by atoms with van der Waals surface area (Å²) in [6.45, 7) is 0.505. The minimum Gasteiger partial charge on any atom is -0.282 e. The van der Waals surface area contributed by atoms with E-state index in [-0.39, 0.29) is 23.7 Å². The zero-order valence-corrected chi connectivity index (χ0v) is 10.8. The number of nitrogens with zero attached hydrogens (tertiary/aromatic N) is 3. The van der Waals surface area contributed by atoms with E-state index in [0.29, 0.717) is 13.0 Å². The molecule has 0 bridgehead atoms. The molecule has 0 spiro atoms. The van der Waals surface area contributed by atoms with Crippen molar-refractivity contribution in [2.75, 3.05) is 6.54 Å². The lowest BCUT2D eigenvalue weighted by Gasteiger charge is -2.19. The summed E-state index contributed by atoms with van der Waals surface area (Å²) in [5, 5.41) is 6.56. The Morgan fingerprint density at radius 2 is 1.89 bits per heavy atom. The van der Waals surface area contributed by atoms with Crippen LogP contribution in [0.4, 0.5) is 0 Å². The third kappa shape index (κ3) is 2.27. The number of rotatable bonds is 4. The third-order valence-corrected chi connectivity index (χ3v) is 4.19. The van der Waals surface area contributed by atoms with Crippen LogP contribution in [0, 0.1) is 11.8 Å². The Balaban J connectivity index is 1.58. The number of hydrogen-bond acceptors (Lipinski definition) is 4. The van der Waals surface area contributed by atoms with Crippen molar-refractivity contribution in [3.05, 3.63) is 12.2 Å². The average molecular weight is 262 g/mol. The van der Waals surface area contributed by atoms with Crippen LogP contribution in [-0.4, -0.2) is 38.4 Å². The highest BCUT2D eigenvalue weighted by Crippen LogP contribution is 2.37. The molecule has 102 valence electrons. The van der Waals surface area contributed by atoms with Gasteiger partial charge in [-0.15, -0.1) is 0 Å². The maximum absolute atomic E-state index is 12.2. The number of carbonyl (C=O) groups excluding carboxylic acids is 2. The number of aromatic amines is 1. The Hall–Kier alpha value is -1.72. The predicted octanol–water partition coefficient (Wildman–Crippen LogP) is 0.912. The van der Waals surface area contributed by atoms with Gasteiger partial charge in [-0.3, -0.25) is 19.6 Å². The van der Waals surface area contributed by atoms with Crippen molar-refractivity contribution in [2.24, 2.45) is 11.8 Å². The molecule has 2 atom stereocenters. The standard InChI is InChI=1S/C13H18N4O2/c18-12-9-4-1-2-5-10(9)13(19)17(12)7-3-6-11-14-8-15-16-11/h8-10H,1-7H2,(H,14,15,16). The molecule has 6 heteroatoms. The first-order valence-electron chi connectivity index (χ1n) is 6.97. The molecule has 1 saturated heterocycles. The molecule has 2 heterocycles. The molecule has 1 aromatic rings. The summed E-state index contributed by atoms with van der Waals surface area (Å²) in [5.41, 5.74) is 0. The molecule has 2 aliphatic rings. The third-order valence-electron chi connectivity index (χ3n) is 4.19. The SMILES string of the molecule is O=C1C2CCCCC2C(=O)N1CCCc1ncn[nH]1. The summed E-state index contributed by atoms with van der Waals surface area (Å²) in [4.78, 5) is 29.9. The summed E-state index contributed by atoms with van der Waals surface area (Å²) in [7, 11) is 0. The van der Waals surface area contributed by atoms with E-state index in [1.54, 1.807) is 0 Å². The molecular weight excluding hydrogens is 244 g/mol. The number of aryl methyl sites for hydroxylation is 1. The van der Waals surface area contributed by atoms with Gasteiger partial charge in [0.1, 0.15) is 12.2 Å². The van der Waals surface area contributed by atoms with Gasteiger partial charge in [0, 0.05) is 13.0 Å². The van der Waals surface area contributed by atoms with Crippen LogP contribution in [0.5, 0.6) is 0 Å². The molecule has 1 saturated carbocycles. The van der Waals surface area contributed by atoms with E-state index < -0.39 is 0 Å². The molecule has 0 radical (unpaired) electrons. The van der Waals surface area contributed by atoms with Gasteiger partial charge in [0.15, 0.2) is 0 Å². The molecule has 2 amide bonds. The van der Waals surface area contributed by atoms with Gasteiger partial charge >= 0.3 is 0 Å². The van der Waals surface area contributed by atoms with Crippen molar-refractivity contribution in [3.8, 4) is 0 Å². The number of nitrogens with one attached hydrogen (secondary N) is 1. The first kappa shape index (κ1) is 12.3. The highest BCUT2D eigenvalue weighted by molar-refractivity contribution is 6.05. The van der Waals surface area contributed by atoms with Gasteiger partial charge in [0.05, 0.1) is 11.8 Å². The quantitative estimate of drug-likeness (QED) is 0.818. The predicted molar refractivity (Wildman–Crippen MR) is 66.9 cm³/mol. The second kappa shape index (κ2) is 5.11. The highest BCUT2D eigenvalue weighted by Gasteiger charge is 2.47. The minimum atomic E-state index is -0.0356. The highest BCUT2D eigenvalue weighted by atomic mass is 16.2. The van der Waals surface area contributed by atoms with Crippen LogP contribution in [0.2, 0.25) is 0 Å². The van der Waals surface area contributed by atoms with E-state index in [1.165, 1.54) is 11.2 Å². The smallest absolute Gasteiger partial charge is 0.233 e. The number of H-pyrrole nitrogens is 1. The van der Waals surface area contributed by atoms with Crippen molar-refractivity contribution in [1.29, 1.82) is 0 Å². The number of carbonyl (C=O) groups is 2. The Morgan fingerprint density at radius 1 is 1.21 bits per heavy atom. The van der Waals surface area contributed by atoms with E-state index in [9.17, 15) is 9.59 Å². The van der Waals surface area contributed by atoms with E-state index in [0.717, 1.165) is 37.9 Å². The van der Waals surface area contributed by atoms with Crippen LogP contribution >= 0.6 is 0 Å². The topological polar surface area (TPSA) is 79.0 Å².